The maximum atomic E-state index is 12.9. The number of hydrogen-bond acceptors (Lipinski definition) is 4. The molecule has 0 aromatic heterocycles. The first-order valence-electron chi connectivity index (χ1n) is 11.5. The number of rotatable bonds is 7. The Morgan fingerprint density at radius 3 is 2.66 bits per heavy atom. The molecule has 1 saturated carbocycles. The Labute approximate surface area is 175 Å². The second-order valence-corrected chi connectivity index (χ2v) is 9.43. The summed E-state index contributed by atoms with van der Waals surface area (Å²) in [6.45, 7) is 11.3. The summed E-state index contributed by atoms with van der Waals surface area (Å²) in [7, 11) is 0. The van der Waals surface area contributed by atoms with E-state index in [2.05, 4.69) is 59.3 Å². The lowest BCUT2D eigenvalue weighted by Gasteiger charge is -2.33. The van der Waals surface area contributed by atoms with Gasteiger partial charge >= 0.3 is 0 Å². The van der Waals surface area contributed by atoms with E-state index in [0.29, 0.717) is 18.0 Å². The summed E-state index contributed by atoms with van der Waals surface area (Å²) in [5.74, 6) is 1.67. The highest BCUT2D eigenvalue weighted by Crippen LogP contribution is 2.38. The molecule has 1 aromatic rings. The second-order valence-electron chi connectivity index (χ2n) is 9.43. The Hall–Kier alpha value is -1.43. The highest BCUT2D eigenvalue weighted by atomic mass is 16.5. The number of likely N-dealkylation sites (tertiary alicyclic amines) is 1. The van der Waals surface area contributed by atoms with Crippen LogP contribution < -0.4 is 5.32 Å². The van der Waals surface area contributed by atoms with Gasteiger partial charge in [-0.25, -0.2) is 0 Å². The number of benzene rings is 1. The molecule has 1 N–H and O–H groups in total. The van der Waals surface area contributed by atoms with E-state index in [1.807, 2.05) is 0 Å². The van der Waals surface area contributed by atoms with Gasteiger partial charge in [-0.15, -0.1) is 0 Å². The molecule has 0 radical (unpaired) electrons. The van der Waals surface area contributed by atoms with Crippen molar-refractivity contribution in [1.29, 1.82) is 0 Å². The number of fused-ring (bicyclic) bond motifs is 1. The molecule has 1 aliphatic carbocycles. The van der Waals surface area contributed by atoms with E-state index in [0.717, 1.165) is 58.2 Å². The zero-order valence-corrected chi connectivity index (χ0v) is 18.1. The van der Waals surface area contributed by atoms with Gasteiger partial charge in [0.25, 0.3) is 0 Å². The molecule has 5 heteroatoms. The molecule has 3 aliphatic rings. The van der Waals surface area contributed by atoms with Crippen molar-refractivity contribution in [3.05, 3.63) is 35.9 Å². The van der Waals surface area contributed by atoms with Crippen molar-refractivity contribution in [3.8, 4) is 0 Å². The third-order valence-corrected chi connectivity index (χ3v) is 7.32. The highest BCUT2D eigenvalue weighted by molar-refractivity contribution is 5.78. The smallest absolute Gasteiger partial charge is 0.223 e. The van der Waals surface area contributed by atoms with Crippen molar-refractivity contribution >= 4 is 5.91 Å². The van der Waals surface area contributed by atoms with Gasteiger partial charge in [0.05, 0.1) is 13.2 Å². The number of carbonyl (C=O) groups excluding carboxylic acids is 1. The summed E-state index contributed by atoms with van der Waals surface area (Å²) in [5.41, 5.74) is 1.39. The van der Waals surface area contributed by atoms with Gasteiger partial charge in [-0.05, 0) is 43.6 Å². The number of ether oxygens (including phenoxy) is 1. The Bertz CT molecular complexity index is 661. The molecule has 29 heavy (non-hydrogen) atoms. The van der Waals surface area contributed by atoms with Crippen LogP contribution in [-0.4, -0.2) is 67.2 Å². The van der Waals surface area contributed by atoms with E-state index in [1.165, 1.54) is 18.5 Å². The maximum Gasteiger partial charge on any atom is 0.223 e. The molecular formula is C24H37N3O2. The Morgan fingerprint density at radius 1 is 1.14 bits per heavy atom. The predicted octanol–water partition coefficient (Wildman–Crippen LogP) is 2.76. The molecule has 2 aliphatic heterocycles. The molecule has 4 rings (SSSR count). The summed E-state index contributed by atoms with van der Waals surface area (Å²) in [6.07, 6.45) is 3.32. The van der Waals surface area contributed by atoms with E-state index in [1.54, 1.807) is 0 Å². The van der Waals surface area contributed by atoms with E-state index >= 15 is 0 Å². The van der Waals surface area contributed by atoms with Crippen molar-refractivity contribution in [2.45, 2.75) is 51.7 Å². The van der Waals surface area contributed by atoms with Gasteiger partial charge in [0.1, 0.15) is 0 Å². The van der Waals surface area contributed by atoms with Crippen LogP contribution >= 0.6 is 0 Å². The van der Waals surface area contributed by atoms with Gasteiger partial charge in [-0.2, -0.15) is 0 Å². The first-order chi connectivity index (χ1) is 14.1. The van der Waals surface area contributed by atoms with Crippen molar-refractivity contribution in [1.82, 2.24) is 15.1 Å². The van der Waals surface area contributed by atoms with Gasteiger partial charge < -0.3 is 10.1 Å². The van der Waals surface area contributed by atoms with Crippen LogP contribution in [0.5, 0.6) is 0 Å². The first-order valence-corrected chi connectivity index (χ1v) is 11.5. The molecule has 5 atom stereocenters. The van der Waals surface area contributed by atoms with Gasteiger partial charge in [0.2, 0.25) is 5.91 Å². The number of hydrogen-bond donors (Lipinski definition) is 1. The average Bonchev–Trinajstić information content (AvgIpc) is 3.30. The van der Waals surface area contributed by atoms with E-state index < -0.39 is 0 Å². The van der Waals surface area contributed by atoms with Gasteiger partial charge in [0.15, 0.2) is 0 Å². The number of amides is 1. The zero-order valence-electron chi connectivity index (χ0n) is 18.1. The summed E-state index contributed by atoms with van der Waals surface area (Å²) in [5, 5.41) is 3.43. The molecule has 1 aromatic carbocycles. The van der Waals surface area contributed by atoms with Crippen LogP contribution in [0.15, 0.2) is 30.3 Å². The molecule has 1 amide bonds. The van der Waals surface area contributed by atoms with Gasteiger partial charge in [-0.3, -0.25) is 14.6 Å². The lowest BCUT2D eigenvalue weighted by Crippen LogP contribution is -2.46. The van der Waals surface area contributed by atoms with Crippen molar-refractivity contribution in [3.63, 3.8) is 0 Å². The minimum Gasteiger partial charge on any atom is -0.379 e. The first kappa shape index (κ1) is 20.8. The van der Waals surface area contributed by atoms with Crippen LogP contribution in [0.2, 0.25) is 0 Å². The topological polar surface area (TPSA) is 44.8 Å². The molecule has 2 saturated heterocycles. The van der Waals surface area contributed by atoms with Crippen molar-refractivity contribution in [2.24, 2.45) is 17.8 Å². The summed E-state index contributed by atoms with van der Waals surface area (Å²) >= 11 is 0. The van der Waals surface area contributed by atoms with Crippen molar-refractivity contribution < 1.29 is 9.53 Å². The van der Waals surface area contributed by atoms with Crippen molar-refractivity contribution in [2.75, 3.05) is 39.4 Å². The van der Waals surface area contributed by atoms with Crippen LogP contribution in [0.1, 0.15) is 38.7 Å². The molecule has 2 heterocycles. The average molecular weight is 400 g/mol. The number of nitrogens with zero attached hydrogens (tertiary/aromatic N) is 2. The van der Waals surface area contributed by atoms with Gasteiger partial charge in [-0.1, -0.05) is 37.3 Å². The highest BCUT2D eigenvalue weighted by Gasteiger charge is 2.43. The third kappa shape index (κ3) is 5.19. The fourth-order valence-electron chi connectivity index (χ4n) is 5.62. The molecule has 3 fully saturated rings. The maximum absolute atomic E-state index is 12.9. The van der Waals surface area contributed by atoms with Crippen LogP contribution in [-0.2, 0) is 16.1 Å². The molecule has 5 nitrogen and oxygen atoms in total. The number of nitrogens with one attached hydrogen (secondary N) is 1. The standard InChI is InChI=1S/C24H37N3O2/c1-18(14-19(2)27-10-12-29-13-11-27)24(28)25-23-9-8-21-16-26(17-22(21)23)15-20-6-4-3-5-7-20/h3-7,18-19,21-23H,8-17H2,1-2H3,(H,25,28). The SMILES string of the molecule is CC(CC(C)N1CCOCC1)C(=O)NC1CCC2CN(Cc3ccccc3)CC21. The molecule has 5 unspecified atom stereocenters. The Kier molecular flexibility index (Phi) is 6.88. The number of carbonyl (C=O) groups is 1. The molecular weight excluding hydrogens is 362 g/mol. The van der Waals surface area contributed by atoms with Crippen LogP contribution in [0, 0.1) is 17.8 Å². The van der Waals surface area contributed by atoms with Crippen LogP contribution in [0.4, 0.5) is 0 Å². The Morgan fingerprint density at radius 2 is 1.90 bits per heavy atom. The monoisotopic (exact) mass is 399 g/mol. The molecule has 0 bridgehead atoms. The lowest BCUT2D eigenvalue weighted by atomic mass is 9.96. The molecule has 0 spiro atoms. The Balaban J connectivity index is 1.25. The van der Waals surface area contributed by atoms with Crippen LogP contribution in [0.3, 0.4) is 0 Å². The third-order valence-electron chi connectivity index (χ3n) is 7.32. The second kappa shape index (κ2) is 9.59. The normalized spacial score (nSPS) is 30.1. The summed E-state index contributed by atoms with van der Waals surface area (Å²) < 4.78 is 5.45. The molecule has 160 valence electrons. The van der Waals surface area contributed by atoms with Crippen LogP contribution in [0.25, 0.3) is 0 Å². The van der Waals surface area contributed by atoms with E-state index in [4.69, 9.17) is 4.74 Å². The lowest BCUT2D eigenvalue weighted by molar-refractivity contribution is -0.126. The largest absolute Gasteiger partial charge is 0.379 e. The predicted molar refractivity (Wildman–Crippen MR) is 115 cm³/mol. The van der Waals surface area contributed by atoms with E-state index in [9.17, 15) is 4.79 Å². The minimum atomic E-state index is 0.0636. The summed E-state index contributed by atoms with van der Waals surface area (Å²) in [4.78, 5) is 17.9. The zero-order chi connectivity index (χ0) is 20.2. The van der Waals surface area contributed by atoms with Gasteiger partial charge in [0, 0.05) is 50.7 Å². The summed E-state index contributed by atoms with van der Waals surface area (Å²) in [6, 6.07) is 11.5. The fourth-order valence-corrected chi connectivity index (χ4v) is 5.62. The fraction of sp³-hybridized carbons (Fsp3) is 0.708. The number of morpholine rings is 1. The minimum absolute atomic E-state index is 0.0636. The van der Waals surface area contributed by atoms with E-state index in [-0.39, 0.29) is 11.8 Å². The quantitative estimate of drug-likeness (QED) is 0.766.